The van der Waals surface area contributed by atoms with Gasteiger partial charge in [0, 0.05) is 18.4 Å². The Morgan fingerprint density at radius 2 is 1.71 bits per heavy atom. The molecule has 1 amide bonds. The molecule has 0 aliphatic carbocycles. The van der Waals surface area contributed by atoms with Crippen molar-refractivity contribution in [3.63, 3.8) is 0 Å². The summed E-state index contributed by atoms with van der Waals surface area (Å²) < 4.78 is 0. The van der Waals surface area contributed by atoms with Crippen LogP contribution in [0.4, 0.5) is 0 Å². The highest BCUT2D eigenvalue weighted by Crippen LogP contribution is 2.27. The number of nitrogens with zero attached hydrogens (tertiary/aromatic N) is 1. The zero-order chi connectivity index (χ0) is 15.1. The molecule has 2 aliphatic rings. The van der Waals surface area contributed by atoms with Gasteiger partial charge in [0.15, 0.2) is 0 Å². The summed E-state index contributed by atoms with van der Waals surface area (Å²) in [5, 5.41) is 6.39. The zero-order valence-corrected chi connectivity index (χ0v) is 13.0. The molecular formula is C17H23N3O. The van der Waals surface area contributed by atoms with E-state index < -0.39 is 0 Å². The Labute approximate surface area is 126 Å². The number of carbonyl (C=O) groups is 1. The fourth-order valence-electron chi connectivity index (χ4n) is 2.96. The maximum absolute atomic E-state index is 12.3. The van der Waals surface area contributed by atoms with Gasteiger partial charge in [-0.15, -0.1) is 0 Å². The van der Waals surface area contributed by atoms with Crippen LogP contribution in [0.15, 0.2) is 29.3 Å². The van der Waals surface area contributed by atoms with Crippen molar-refractivity contribution < 1.29 is 4.79 Å². The third-order valence-electron chi connectivity index (χ3n) is 4.34. The van der Waals surface area contributed by atoms with E-state index in [4.69, 9.17) is 4.99 Å². The minimum atomic E-state index is -0.375. The molecule has 0 bridgehead atoms. The van der Waals surface area contributed by atoms with E-state index in [1.54, 1.807) is 0 Å². The van der Waals surface area contributed by atoms with E-state index >= 15 is 0 Å². The summed E-state index contributed by atoms with van der Waals surface area (Å²) in [5.74, 6) is -0.0413. The van der Waals surface area contributed by atoms with E-state index in [1.165, 1.54) is 5.56 Å². The van der Waals surface area contributed by atoms with E-state index in [9.17, 15) is 4.79 Å². The SMILES string of the molecule is CC(C)(C)c1ccc(C2=NC3(CCNCC3)NC2=O)cc1. The lowest BCUT2D eigenvalue weighted by Gasteiger charge is -2.30. The summed E-state index contributed by atoms with van der Waals surface area (Å²) in [6.45, 7) is 8.36. The van der Waals surface area contributed by atoms with Crippen LogP contribution in [0.2, 0.25) is 0 Å². The van der Waals surface area contributed by atoms with Gasteiger partial charge in [-0.05, 0) is 24.1 Å². The summed E-state index contributed by atoms with van der Waals surface area (Å²) in [5.41, 5.74) is 2.50. The molecule has 4 heteroatoms. The number of amides is 1. The smallest absolute Gasteiger partial charge is 0.272 e. The molecule has 3 rings (SSSR count). The molecule has 0 unspecified atom stereocenters. The van der Waals surface area contributed by atoms with Crippen LogP contribution in [0, 0.1) is 0 Å². The van der Waals surface area contributed by atoms with Gasteiger partial charge in [-0.3, -0.25) is 9.79 Å². The van der Waals surface area contributed by atoms with Gasteiger partial charge in [0.1, 0.15) is 11.4 Å². The molecular weight excluding hydrogens is 262 g/mol. The molecule has 0 atom stereocenters. The number of benzene rings is 1. The number of rotatable bonds is 1. The first-order chi connectivity index (χ1) is 9.90. The molecule has 1 aromatic rings. The van der Waals surface area contributed by atoms with Crippen molar-refractivity contribution in [3.05, 3.63) is 35.4 Å². The second kappa shape index (κ2) is 4.95. The second-order valence-corrected chi connectivity index (χ2v) is 7.02. The highest BCUT2D eigenvalue weighted by atomic mass is 16.2. The third-order valence-corrected chi connectivity index (χ3v) is 4.34. The molecule has 2 N–H and O–H groups in total. The normalized spacial score (nSPS) is 21.3. The topological polar surface area (TPSA) is 53.5 Å². The lowest BCUT2D eigenvalue weighted by atomic mass is 9.86. The van der Waals surface area contributed by atoms with Gasteiger partial charge in [0.25, 0.3) is 5.91 Å². The Balaban J connectivity index is 1.89. The van der Waals surface area contributed by atoms with Gasteiger partial charge in [0.2, 0.25) is 0 Å². The van der Waals surface area contributed by atoms with Crippen LogP contribution in [0.1, 0.15) is 44.7 Å². The van der Waals surface area contributed by atoms with Crippen molar-refractivity contribution in [2.45, 2.75) is 44.7 Å². The molecule has 0 saturated carbocycles. The predicted octanol–water partition coefficient (Wildman–Crippen LogP) is 1.98. The van der Waals surface area contributed by atoms with Crippen molar-refractivity contribution in [1.29, 1.82) is 0 Å². The highest BCUT2D eigenvalue weighted by molar-refractivity contribution is 6.46. The number of aliphatic imine (C=N–C) groups is 1. The van der Waals surface area contributed by atoms with Crippen molar-refractivity contribution >= 4 is 11.6 Å². The minimum Gasteiger partial charge on any atom is -0.326 e. The Hall–Kier alpha value is -1.68. The summed E-state index contributed by atoms with van der Waals surface area (Å²) in [4.78, 5) is 17.0. The van der Waals surface area contributed by atoms with Crippen molar-refractivity contribution in [3.8, 4) is 0 Å². The van der Waals surface area contributed by atoms with Crippen molar-refractivity contribution in [2.75, 3.05) is 13.1 Å². The van der Waals surface area contributed by atoms with Crippen LogP contribution < -0.4 is 10.6 Å². The average Bonchev–Trinajstić information content (AvgIpc) is 2.75. The summed E-state index contributed by atoms with van der Waals surface area (Å²) in [7, 11) is 0. The minimum absolute atomic E-state index is 0.0413. The maximum Gasteiger partial charge on any atom is 0.272 e. The highest BCUT2D eigenvalue weighted by Gasteiger charge is 2.40. The largest absolute Gasteiger partial charge is 0.326 e. The Morgan fingerprint density at radius 3 is 2.29 bits per heavy atom. The fraction of sp³-hybridized carbons (Fsp3) is 0.529. The van der Waals surface area contributed by atoms with Crippen LogP contribution in [0.25, 0.3) is 0 Å². The third kappa shape index (κ3) is 2.72. The first-order valence-electron chi connectivity index (χ1n) is 7.64. The van der Waals surface area contributed by atoms with Gasteiger partial charge >= 0.3 is 0 Å². The van der Waals surface area contributed by atoms with E-state index in [2.05, 4.69) is 43.5 Å². The van der Waals surface area contributed by atoms with Crippen LogP contribution in [-0.4, -0.2) is 30.4 Å². The zero-order valence-electron chi connectivity index (χ0n) is 13.0. The molecule has 1 fully saturated rings. The van der Waals surface area contributed by atoms with Gasteiger partial charge < -0.3 is 10.6 Å². The summed E-state index contributed by atoms with van der Waals surface area (Å²) in [6.07, 6.45) is 1.73. The van der Waals surface area contributed by atoms with Crippen LogP contribution in [-0.2, 0) is 10.2 Å². The summed E-state index contributed by atoms with van der Waals surface area (Å²) in [6, 6.07) is 8.22. The number of hydrogen-bond acceptors (Lipinski definition) is 3. The Bertz CT molecular complexity index is 575. The molecule has 1 aromatic carbocycles. The molecule has 1 saturated heterocycles. The Morgan fingerprint density at radius 1 is 1.10 bits per heavy atom. The predicted molar refractivity (Wildman–Crippen MR) is 84.7 cm³/mol. The maximum atomic E-state index is 12.3. The second-order valence-electron chi connectivity index (χ2n) is 7.02. The molecule has 2 heterocycles. The van der Waals surface area contributed by atoms with E-state index in [0.29, 0.717) is 5.71 Å². The average molecular weight is 285 g/mol. The molecule has 0 aromatic heterocycles. The number of hydrogen-bond donors (Lipinski definition) is 2. The van der Waals surface area contributed by atoms with Gasteiger partial charge in [-0.1, -0.05) is 45.0 Å². The lowest BCUT2D eigenvalue weighted by Crippen LogP contribution is -2.49. The van der Waals surface area contributed by atoms with Gasteiger partial charge in [0.05, 0.1) is 0 Å². The van der Waals surface area contributed by atoms with E-state index in [0.717, 1.165) is 31.5 Å². The Kier molecular flexibility index (Phi) is 3.36. The number of nitrogens with one attached hydrogen (secondary N) is 2. The molecule has 1 spiro atoms. The first kappa shape index (κ1) is 14.3. The molecule has 2 aliphatic heterocycles. The molecule has 4 nitrogen and oxygen atoms in total. The molecule has 0 radical (unpaired) electrons. The van der Waals surface area contributed by atoms with Crippen LogP contribution >= 0.6 is 0 Å². The summed E-state index contributed by atoms with van der Waals surface area (Å²) >= 11 is 0. The molecule has 112 valence electrons. The number of piperidine rings is 1. The van der Waals surface area contributed by atoms with E-state index in [1.807, 2.05) is 12.1 Å². The number of carbonyl (C=O) groups excluding carboxylic acids is 1. The monoisotopic (exact) mass is 285 g/mol. The van der Waals surface area contributed by atoms with Crippen LogP contribution in [0.5, 0.6) is 0 Å². The van der Waals surface area contributed by atoms with Crippen molar-refractivity contribution in [1.82, 2.24) is 10.6 Å². The van der Waals surface area contributed by atoms with Gasteiger partial charge in [-0.25, -0.2) is 0 Å². The lowest BCUT2D eigenvalue weighted by molar-refractivity contribution is -0.115. The van der Waals surface area contributed by atoms with E-state index in [-0.39, 0.29) is 17.0 Å². The fourth-order valence-corrected chi connectivity index (χ4v) is 2.96. The molecule has 21 heavy (non-hydrogen) atoms. The quantitative estimate of drug-likeness (QED) is 0.829. The van der Waals surface area contributed by atoms with Crippen molar-refractivity contribution in [2.24, 2.45) is 4.99 Å². The standard InChI is InChI=1S/C17H23N3O/c1-16(2,3)13-6-4-12(5-7-13)14-15(21)20-17(19-14)8-10-18-11-9-17/h4-7,18H,8-11H2,1-3H3,(H,20,21). The van der Waals surface area contributed by atoms with Gasteiger partial charge in [-0.2, -0.15) is 0 Å². The first-order valence-corrected chi connectivity index (χ1v) is 7.64. The van der Waals surface area contributed by atoms with Crippen LogP contribution in [0.3, 0.4) is 0 Å².